The molecule has 1 saturated carbocycles. The Kier molecular flexibility index (Phi) is 5.85. The van der Waals surface area contributed by atoms with Crippen LogP contribution in [0.25, 0.3) is 0 Å². The second-order valence-corrected chi connectivity index (χ2v) is 9.54. The molecule has 0 aliphatic heterocycles. The number of anilines is 2. The first-order valence-electron chi connectivity index (χ1n) is 8.83. The number of nitrogens with one attached hydrogen (secondary N) is 1. The van der Waals surface area contributed by atoms with Gasteiger partial charge in [-0.05, 0) is 12.8 Å². The van der Waals surface area contributed by atoms with E-state index in [-0.39, 0.29) is 29.0 Å². The van der Waals surface area contributed by atoms with E-state index in [1.807, 2.05) is 27.7 Å². The van der Waals surface area contributed by atoms with Crippen LogP contribution in [-0.4, -0.2) is 39.0 Å². The summed E-state index contributed by atoms with van der Waals surface area (Å²) in [6.07, 6.45) is 2.45. The van der Waals surface area contributed by atoms with Crippen molar-refractivity contribution in [3.8, 4) is 0 Å². The molecule has 0 saturated heterocycles. The quantitative estimate of drug-likeness (QED) is 0.552. The maximum Gasteiger partial charge on any atom is 0.237 e. The van der Waals surface area contributed by atoms with Gasteiger partial charge in [-0.15, -0.1) is 10.2 Å². The average molecular weight is 410 g/mol. The van der Waals surface area contributed by atoms with Gasteiger partial charge in [-0.3, -0.25) is 19.8 Å². The SMILES string of the molecule is CCC(=O)N(c1nnc(SCC(=O)Nc2cc(C(C)(C)C)no2)s1)C1CC1. The van der Waals surface area contributed by atoms with Crippen molar-refractivity contribution in [2.24, 2.45) is 0 Å². The molecule has 146 valence electrons. The molecular weight excluding hydrogens is 386 g/mol. The van der Waals surface area contributed by atoms with Crippen LogP contribution < -0.4 is 10.2 Å². The van der Waals surface area contributed by atoms with Crippen molar-refractivity contribution in [2.45, 2.75) is 62.8 Å². The van der Waals surface area contributed by atoms with Crippen molar-refractivity contribution in [1.29, 1.82) is 0 Å². The highest BCUT2D eigenvalue weighted by Crippen LogP contribution is 2.36. The maximum absolute atomic E-state index is 12.1. The van der Waals surface area contributed by atoms with Gasteiger partial charge in [0.15, 0.2) is 4.34 Å². The average Bonchev–Trinajstić information content (AvgIpc) is 3.12. The van der Waals surface area contributed by atoms with E-state index in [1.54, 1.807) is 11.0 Å². The molecule has 0 radical (unpaired) electrons. The van der Waals surface area contributed by atoms with Crippen LogP contribution in [0, 0.1) is 0 Å². The van der Waals surface area contributed by atoms with Gasteiger partial charge in [-0.25, -0.2) is 0 Å². The molecule has 27 heavy (non-hydrogen) atoms. The predicted octanol–water partition coefficient (Wildman–Crippen LogP) is 3.46. The van der Waals surface area contributed by atoms with Crippen molar-refractivity contribution in [2.75, 3.05) is 16.0 Å². The smallest absolute Gasteiger partial charge is 0.237 e. The number of amides is 2. The third kappa shape index (κ3) is 5.07. The first-order valence-corrected chi connectivity index (χ1v) is 10.6. The van der Waals surface area contributed by atoms with Crippen LogP contribution in [0.1, 0.15) is 52.7 Å². The summed E-state index contributed by atoms with van der Waals surface area (Å²) in [5.41, 5.74) is 0.632. The number of carbonyl (C=O) groups excluding carboxylic acids is 2. The number of rotatable bonds is 7. The number of hydrogen-bond acceptors (Lipinski definition) is 8. The standard InChI is InChI=1S/C17H23N5O3S2/c1-5-14(24)22(10-6-7-10)15-19-20-16(27-15)26-9-12(23)18-13-8-11(21-25-13)17(2,3)4/h8,10H,5-7,9H2,1-4H3,(H,18,23). The van der Waals surface area contributed by atoms with E-state index in [2.05, 4.69) is 20.7 Å². The number of nitrogens with zero attached hydrogens (tertiary/aromatic N) is 4. The van der Waals surface area contributed by atoms with Crippen LogP contribution >= 0.6 is 23.1 Å². The normalized spacial score (nSPS) is 14.2. The molecule has 2 heterocycles. The second-order valence-electron chi connectivity index (χ2n) is 7.36. The fraction of sp³-hybridized carbons (Fsp3) is 0.588. The zero-order chi connectivity index (χ0) is 19.6. The fourth-order valence-electron chi connectivity index (χ4n) is 2.32. The second kappa shape index (κ2) is 7.97. The molecule has 3 rings (SSSR count). The largest absolute Gasteiger partial charge is 0.338 e. The summed E-state index contributed by atoms with van der Waals surface area (Å²) in [6, 6.07) is 1.98. The third-order valence-corrected chi connectivity index (χ3v) is 6.01. The molecule has 8 nitrogen and oxygen atoms in total. The molecular formula is C17H23N5O3S2. The summed E-state index contributed by atoms with van der Waals surface area (Å²) >= 11 is 2.62. The summed E-state index contributed by atoms with van der Waals surface area (Å²) in [7, 11) is 0. The summed E-state index contributed by atoms with van der Waals surface area (Å²) in [5, 5.41) is 15.5. The van der Waals surface area contributed by atoms with E-state index in [1.165, 1.54) is 23.1 Å². The Bertz CT molecular complexity index is 823. The maximum atomic E-state index is 12.1. The molecule has 0 bridgehead atoms. The van der Waals surface area contributed by atoms with E-state index in [4.69, 9.17) is 4.52 Å². The van der Waals surface area contributed by atoms with Gasteiger partial charge in [-0.1, -0.05) is 56.0 Å². The molecule has 1 aliphatic carbocycles. The Morgan fingerprint density at radius 1 is 1.37 bits per heavy atom. The fourth-order valence-corrected chi connectivity index (χ4v) is 4.05. The van der Waals surface area contributed by atoms with Crippen molar-refractivity contribution in [1.82, 2.24) is 15.4 Å². The van der Waals surface area contributed by atoms with Gasteiger partial charge < -0.3 is 4.52 Å². The van der Waals surface area contributed by atoms with E-state index in [0.29, 0.717) is 21.8 Å². The summed E-state index contributed by atoms with van der Waals surface area (Å²) in [6.45, 7) is 7.90. The Labute approximate surface area is 166 Å². The molecule has 0 spiro atoms. The molecule has 10 heteroatoms. The van der Waals surface area contributed by atoms with Gasteiger partial charge in [0, 0.05) is 23.9 Å². The van der Waals surface area contributed by atoms with Crippen molar-refractivity contribution >= 4 is 45.9 Å². The van der Waals surface area contributed by atoms with Gasteiger partial charge in [0.05, 0.1) is 11.4 Å². The van der Waals surface area contributed by atoms with Gasteiger partial charge >= 0.3 is 0 Å². The minimum atomic E-state index is -0.211. The Morgan fingerprint density at radius 3 is 2.70 bits per heavy atom. The highest BCUT2D eigenvalue weighted by atomic mass is 32.2. The first kappa shape index (κ1) is 19.8. The predicted molar refractivity (Wildman–Crippen MR) is 105 cm³/mol. The molecule has 2 aromatic rings. The monoisotopic (exact) mass is 409 g/mol. The van der Waals surface area contributed by atoms with Crippen LogP contribution in [0.5, 0.6) is 0 Å². The zero-order valence-corrected chi connectivity index (χ0v) is 17.4. The number of thioether (sulfide) groups is 1. The third-order valence-electron chi connectivity index (χ3n) is 3.95. The van der Waals surface area contributed by atoms with Crippen LogP contribution in [0.2, 0.25) is 0 Å². The molecule has 0 aromatic carbocycles. The molecule has 0 atom stereocenters. The Balaban J connectivity index is 1.54. The van der Waals surface area contributed by atoms with Crippen molar-refractivity contribution in [3.05, 3.63) is 11.8 Å². The van der Waals surface area contributed by atoms with Gasteiger partial charge in [-0.2, -0.15) is 0 Å². The lowest BCUT2D eigenvalue weighted by molar-refractivity contribution is -0.118. The van der Waals surface area contributed by atoms with E-state index in [9.17, 15) is 9.59 Å². The van der Waals surface area contributed by atoms with Crippen LogP contribution in [0.15, 0.2) is 14.9 Å². The van der Waals surface area contributed by atoms with Gasteiger partial charge in [0.1, 0.15) is 0 Å². The lowest BCUT2D eigenvalue weighted by Gasteiger charge is -2.17. The summed E-state index contributed by atoms with van der Waals surface area (Å²) in [4.78, 5) is 26.0. The molecule has 2 aromatic heterocycles. The lowest BCUT2D eigenvalue weighted by atomic mass is 9.92. The van der Waals surface area contributed by atoms with Gasteiger partial charge in [0.2, 0.25) is 22.8 Å². The van der Waals surface area contributed by atoms with Crippen molar-refractivity contribution in [3.63, 3.8) is 0 Å². The molecule has 1 aliphatic rings. The molecule has 2 amide bonds. The molecule has 1 N–H and O–H groups in total. The summed E-state index contributed by atoms with van der Waals surface area (Å²) in [5.74, 6) is 0.350. The molecule has 0 unspecified atom stereocenters. The van der Waals surface area contributed by atoms with Crippen molar-refractivity contribution < 1.29 is 14.1 Å². The van der Waals surface area contributed by atoms with E-state index < -0.39 is 0 Å². The summed E-state index contributed by atoms with van der Waals surface area (Å²) < 4.78 is 5.82. The number of carbonyl (C=O) groups is 2. The van der Waals surface area contributed by atoms with Crippen LogP contribution in [0.4, 0.5) is 11.0 Å². The zero-order valence-electron chi connectivity index (χ0n) is 15.8. The minimum absolute atomic E-state index is 0.0583. The Hall–Kier alpha value is -1.94. The highest BCUT2D eigenvalue weighted by molar-refractivity contribution is 8.01. The number of aromatic nitrogens is 3. The van der Waals surface area contributed by atoms with E-state index >= 15 is 0 Å². The van der Waals surface area contributed by atoms with Gasteiger partial charge in [0.25, 0.3) is 0 Å². The topological polar surface area (TPSA) is 101 Å². The van der Waals surface area contributed by atoms with Crippen LogP contribution in [-0.2, 0) is 15.0 Å². The first-order chi connectivity index (χ1) is 12.8. The lowest BCUT2D eigenvalue weighted by Crippen LogP contribution is -2.32. The molecule has 1 fully saturated rings. The highest BCUT2D eigenvalue weighted by Gasteiger charge is 2.35. The Morgan fingerprint density at radius 2 is 2.11 bits per heavy atom. The number of hydrogen-bond donors (Lipinski definition) is 1. The van der Waals surface area contributed by atoms with Crippen LogP contribution in [0.3, 0.4) is 0 Å². The minimum Gasteiger partial charge on any atom is -0.338 e. The van der Waals surface area contributed by atoms with E-state index in [0.717, 1.165) is 18.5 Å².